The highest BCUT2D eigenvalue weighted by Crippen LogP contribution is 2.42. The molecule has 1 aliphatic rings. The molecular formula is C28H32N6O2. The largest absolute Gasteiger partial charge is 0.489 e. The van der Waals surface area contributed by atoms with Crippen LogP contribution in [-0.2, 0) is 6.61 Å². The lowest BCUT2D eigenvalue weighted by Gasteiger charge is -2.36. The maximum Gasteiger partial charge on any atom is 0.314 e. The Labute approximate surface area is 210 Å². The maximum absolute atomic E-state index is 11.9. The summed E-state index contributed by atoms with van der Waals surface area (Å²) in [7, 11) is 0. The highest BCUT2D eigenvalue weighted by atomic mass is 16.5. The average Bonchev–Trinajstić information content (AvgIpc) is 3.23. The van der Waals surface area contributed by atoms with Gasteiger partial charge in [0.15, 0.2) is 0 Å². The van der Waals surface area contributed by atoms with Crippen LogP contribution >= 0.6 is 0 Å². The lowest BCUT2D eigenvalue weighted by Crippen LogP contribution is -2.43. The first-order valence-corrected chi connectivity index (χ1v) is 12.4. The molecule has 2 aromatic carbocycles. The lowest BCUT2D eigenvalue weighted by atomic mass is 9.80. The quantitative estimate of drug-likeness (QED) is 0.329. The first-order chi connectivity index (χ1) is 17.5. The highest BCUT2D eigenvalue weighted by Gasteiger charge is 2.32. The van der Waals surface area contributed by atoms with Gasteiger partial charge in [-0.2, -0.15) is 0 Å². The van der Waals surface area contributed by atoms with Crippen LogP contribution in [0.1, 0.15) is 38.3 Å². The van der Waals surface area contributed by atoms with Gasteiger partial charge in [0.05, 0.1) is 5.39 Å². The van der Waals surface area contributed by atoms with Crippen LogP contribution in [0.25, 0.3) is 22.2 Å². The van der Waals surface area contributed by atoms with Gasteiger partial charge in [-0.15, -0.1) is 0 Å². The van der Waals surface area contributed by atoms with E-state index in [9.17, 15) is 4.79 Å². The van der Waals surface area contributed by atoms with Crippen molar-refractivity contribution in [3.8, 4) is 16.9 Å². The van der Waals surface area contributed by atoms with Crippen LogP contribution in [0.2, 0.25) is 0 Å². The molecule has 0 unspecified atom stereocenters. The molecule has 4 N–H and O–H groups in total. The topological polar surface area (TPSA) is 107 Å². The number of rotatable bonds is 8. The number of anilines is 1. The SMILES string of the molecule is CC(C)NC(=O)NC[C@H]1C[C@@H](n2cc(-c3cccc(OCc4ccccc4)c3)c3c(N)ncnc32)C1. The van der Waals surface area contributed by atoms with Gasteiger partial charge in [0, 0.05) is 30.4 Å². The Balaban J connectivity index is 1.33. The molecule has 0 radical (unpaired) electrons. The fourth-order valence-electron chi connectivity index (χ4n) is 4.74. The summed E-state index contributed by atoms with van der Waals surface area (Å²) in [6.07, 6.45) is 5.59. The van der Waals surface area contributed by atoms with Gasteiger partial charge in [-0.05, 0) is 55.9 Å². The van der Waals surface area contributed by atoms with E-state index in [-0.39, 0.29) is 12.1 Å². The summed E-state index contributed by atoms with van der Waals surface area (Å²) in [5.74, 6) is 1.69. The van der Waals surface area contributed by atoms with E-state index in [1.807, 2.05) is 62.4 Å². The smallest absolute Gasteiger partial charge is 0.314 e. The molecule has 0 aliphatic heterocycles. The number of hydrogen-bond acceptors (Lipinski definition) is 5. The predicted molar refractivity (Wildman–Crippen MR) is 142 cm³/mol. The second-order valence-electron chi connectivity index (χ2n) is 9.71. The summed E-state index contributed by atoms with van der Waals surface area (Å²) in [5.41, 5.74) is 10.3. The van der Waals surface area contributed by atoms with E-state index in [2.05, 4.69) is 37.4 Å². The molecule has 186 valence electrons. The van der Waals surface area contributed by atoms with Gasteiger partial charge in [0.25, 0.3) is 0 Å². The maximum atomic E-state index is 11.9. The molecule has 1 fully saturated rings. The van der Waals surface area contributed by atoms with Crippen LogP contribution in [-0.4, -0.2) is 33.2 Å². The Bertz CT molecular complexity index is 1340. The molecule has 0 bridgehead atoms. The standard InChI is InChI=1S/C28H32N6O2/c1-18(2)33-28(35)30-14-20-11-22(12-20)34-15-24(25-26(29)31-17-32-27(25)34)21-9-6-10-23(13-21)36-16-19-7-4-3-5-8-19/h3-10,13,15,17-18,20,22H,11-12,14,16H2,1-2H3,(H2,29,31,32)(H2,30,33,35)/t20-,22+. The zero-order valence-corrected chi connectivity index (χ0v) is 20.6. The molecule has 8 heteroatoms. The summed E-state index contributed by atoms with van der Waals surface area (Å²) < 4.78 is 8.27. The minimum Gasteiger partial charge on any atom is -0.489 e. The van der Waals surface area contributed by atoms with Crippen molar-refractivity contribution in [3.05, 3.63) is 72.7 Å². The number of ether oxygens (including phenoxy) is 1. The first kappa shape index (κ1) is 23.7. The van der Waals surface area contributed by atoms with Crippen molar-refractivity contribution in [1.29, 1.82) is 0 Å². The Morgan fingerprint density at radius 3 is 2.72 bits per heavy atom. The van der Waals surface area contributed by atoms with Gasteiger partial charge < -0.3 is 25.7 Å². The summed E-state index contributed by atoms with van der Waals surface area (Å²) in [6, 6.07) is 18.5. The Morgan fingerprint density at radius 1 is 1.14 bits per heavy atom. The minimum absolute atomic E-state index is 0.114. The van der Waals surface area contributed by atoms with Crippen molar-refractivity contribution in [2.24, 2.45) is 5.92 Å². The zero-order chi connectivity index (χ0) is 25.1. The van der Waals surface area contributed by atoms with Crippen molar-refractivity contribution in [3.63, 3.8) is 0 Å². The van der Waals surface area contributed by atoms with E-state index >= 15 is 0 Å². The molecule has 4 aromatic rings. The third-order valence-electron chi connectivity index (χ3n) is 6.61. The van der Waals surface area contributed by atoms with Crippen molar-refractivity contribution < 1.29 is 9.53 Å². The van der Waals surface area contributed by atoms with Crippen LogP contribution in [0.4, 0.5) is 10.6 Å². The number of benzene rings is 2. The van der Waals surface area contributed by atoms with Gasteiger partial charge in [0.1, 0.15) is 30.1 Å². The fraction of sp³-hybridized carbons (Fsp3) is 0.321. The molecule has 2 amide bonds. The predicted octanol–water partition coefficient (Wildman–Crippen LogP) is 4.92. The molecule has 1 saturated carbocycles. The number of carbonyl (C=O) groups excluding carboxylic acids is 1. The number of nitrogens with two attached hydrogens (primary N) is 1. The molecular weight excluding hydrogens is 452 g/mol. The van der Waals surface area contributed by atoms with Crippen molar-refractivity contribution in [2.45, 2.75) is 45.4 Å². The van der Waals surface area contributed by atoms with Crippen LogP contribution in [0.3, 0.4) is 0 Å². The number of fused-ring (bicyclic) bond motifs is 1. The van der Waals surface area contributed by atoms with E-state index in [1.165, 1.54) is 6.33 Å². The number of nitrogens with one attached hydrogen (secondary N) is 2. The highest BCUT2D eigenvalue weighted by molar-refractivity contribution is 6.00. The summed E-state index contributed by atoms with van der Waals surface area (Å²) in [6.45, 7) is 5.07. The molecule has 0 spiro atoms. The molecule has 0 saturated heterocycles. The number of urea groups is 1. The van der Waals surface area contributed by atoms with Crippen LogP contribution in [0, 0.1) is 5.92 Å². The molecule has 2 heterocycles. The molecule has 1 aliphatic carbocycles. The number of aromatic nitrogens is 3. The summed E-state index contributed by atoms with van der Waals surface area (Å²) in [5, 5.41) is 6.70. The first-order valence-electron chi connectivity index (χ1n) is 12.4. The van der Waals surface area contributed by atoms with Gasteiger partial charge in [-0.25, -0.2) is 14.8 Å². The van der Waals surface area contributed by atoms with E-state index in [0.29, 0.717) is 30.9 Å². The summed E-state index contributed by atoms with van der Waals surface area (Å²) in [4.78, 5) is 20.8. The van der Waals surface area contributed by atoms with Gasteiger partial charge >= 0.3 is 6.03 Å². The number of nitrogen functional groups attached to an aromatic ring is 1. The third kappa shape index (κ3) is 5.12. The van der Waals surface area contributed by atoms with E-state index in [4.69, 9.17) is 10.5 Å². The second-order valence-corrected chi connectivity index (χ2v) is 9.71. The van der Waals surface area contributed by atoms with Gasteiger partial charge in [-0.3, -0.25) is 0 Å². The van der Waals surface area contributed by atoms with E-state index < -0.39 is 0 Å². The fourth-order valence-corrected chi connectivity index (χ4v) is 4.74. The number of carbonyl (C=O) groups is 1. The Morgan fingerprint density at radius 2 is 1.94 bits per heavy atom. The van der Waals surface area contributed by atoms with Crippen LogP contribution in [0.15, 0.2) is 67.1 Å². The average molecular weight is 485 g/mol. The monoisotopic (exact) mass is 484 g/mol. The summed E-state index contributed by atoms with van der Waals surface area (Å²) >= 11 is 0. The third-order valence-corrected chi connectivity index (χ3v) is 6.61. The Kier molecular flexibility index (Phi) is 6.75. The van der Waals surface area contributed by atoms with E-state index in [1.54, 1.807) is 0 Å². The van der Waals surface area contributed by atoms with E-state index in [0.717, 1.165) is 46.3 Å². The minimum atomic E-state index is -0.114. The normalized spacial score (nSPS) is 17.1. The number of nitrogens with zero attached hydrogens (tertiary/aromatic N) is 3. The Hall–Kier alpha value is -4.07. The molecule has 0 atom stereocenters. The second kappa shape index (κ2) is 10.3. The van der Waals surface area contributed by atoms with Gasteiger partial charge in [0.2, 0.25) is 0 Å². The number of amides is 2. The van der Waals surface area contributed by atoms with Gasteiger partial charge in [-0.1, -0.05) is 42.5 Å². The van der Waals surface area contributed by atoms with Crippen molar-refractivity contribution in [2.75, 3.05) is 12.3 Å². The van der Waals surface area contributed by atoms with Crippen molar-refractivity contribution in [1.82, 2.24) is 25.2 Å². The van der Waals surface area contributed by atoms with Crippen LogP contribution < -0.4 is 21.1 Å². The molecule has 8 nitrogen and oxygen atoms in total. The van der Waals surface area contributed by atoms with Crippen molar-refractivity contribution >= 4 is 22.9 Å². The molecule has 36 heavy (non-hydrogen) atoms. The molecule has 2 aromatic heterocycles. The lowest BCUT2D eigenvalue weighted by molar-refractivity contribution is 0.192. The number of hydrogen-bond donors (Lipinski definition) is 3. The van der Waals surface area contributed by atoms with Crippen LogP contribution in [0.5, 0.6) is 5.75 Å². The molecule has 5 rings (SSSR count). The zero-order valence-electron chi connectivity index (χ0n) is 20.6.